The van der Waals surface area contributed by atoms with Crippen molar-refractivity contribution in [1.82, 2.24) is 0 Å². The van der Waals surface area contributed by atoms with Gasteiger partial charge < -0.3 is 10.5 Å². The number of nitrogens with two attached hydrogens (primary N) is 1. The molecule has 2 N–H and O–H groups in total. The van der Waals surface area contributed by atoms with Crippen molar-refractivity contribution in [2.45, 2.75) is 39.8 Å². The lowest BCUT2D eigenvalue weighted by atomic mass is 9.74. The molecule has 0 aliphatic heterocycles. The van der Waals surface area contributed by atoms with E-state index >= 15 is 0 Å². The molecular formula is C15H24FNO. The predicted octanol–water partition coefficient (Wildman–Crippen LogP) is 3.26. The number of halogens is 1. The molecule has 0 bridgehead atoms. The third-order valence-electron chi connectivity index (χ3n) is 3.57. The Morgan fingerprint density at radius 3 is 2.33 bits per heavy atom. The van der Waals surface area contributed by atoms with Crippen molar-refractivity contribution in [3.63, 3.8) is 0 Å². The van der Waals surface area contributed by atoms with Crippen LogP contribution in [0.4, 0.5) is 4.39 Å². The van der Waals surface area contributed by atoms with Gasteiger partial charge in [-0.2, -0.15) is 0 Å². The van der Waals surface area contributed by atoms with Crippen LogP contribution in [-0.2, 0) is 6.42 Å². The summed E-state index contributed by atoms with van der Waals surface area (Å²) in [5, 5.41) is 0. The number of alkyl halides is 1. The summed E-state index contributed by atoms with van der Waals surface area (Å²) < 4.78 is 20.3. The maximum atomic E-state index is 15.0. The molecule has 1 aromatic rings. The van der Waals surface area contributed by atoms with Crippen LogP contribution in [0.15, 0.2) is 18.2 Å². The molecule has 0 aromatic heterocycles. The molecular weight excluding hydrogens is 229 g/mol. The van der Waals surface area contributed by atoms with Gasteiger partial charge in [-0.25, -0.2) is 4.39 Å². The van der Waals surface area contributed by atoms with Crippen LogP contribution in [-0.4, -0.2) is 19.3 Å². The van der Waals surface area contributed by atoms with Crippen molar-refractivity contribution in [3.05, 3.63) is 29.3 Å². The van der Waals surface area contributed by atoms with Crippen LogP contribution in [0, 0.1) is 12.3 Å². The second-order valence-electron chi connectivity index (χ2n) is 5.91. The van der Waals surface area contributed by atoms with E-state index in [2.05, 4.69) is 0 Å². The Hall–Kier alpha value is -1.09. The van der Waals surface area contributed by atoms with Crippen molar-refractivity contribution >= 4 is 0 Å². The molecule has 0 amide bonds. The van der Waals surface area contributed by atoms with E-state index in [0.29, 0.717) is 0 Å². The van der Waals surface area contributed by atoms with E-state index in [1.165, 1.54) is 0 Å². The highest BCUT2D eigenvalue weighted by Gasteiger charge is 2.41. The van der Waals surface area contributed by atoms with Crippen LogP contribution in [0.5, 0.6) is 5.75 Å². The highest BCUT2D eigenvalue weighted by molar-refractivity contribution is 5.38. The number of ether oxygens (including phenoxy) is 1. The maximum absolute atomic E-state index is 15.0. The summed E-state index contributed by atoms with van der Waals surface area (Å²) in [7, 11) is 1.60. The topological polar surface area (TPSA) is 35.2 Å². The molecule has 1 unspecified atom stereocenters. The zero-order valence-corrected chi connectivity index (χ0v) is 12.0. The maximum Gasteiger partial charge on any atom is 0.132 e. The Morgan fingerprint density at radius 1 is 1.28 bits per heavy atom. The Labute approximate surface area is 109 Å². The molecule has 3 heteroatoms. The summed E-state index contributed by atoms with van der Waals surface area (Å²) in [5.41, 5.74) is 5.69. The molecule has 0 saturated carbocycles. The lowest BCUT2D eigenvalue weighted by molar-refractivity contribution is 0.0377. The number of hydrogen-bond acceptors (Lipinski definition) is 2. The third kappa shape index (κ3) is 3.02. The van der Waals surface area contributed by atoms with Crippen molar-refractivity contribution in [2.75, 3.05) is 13.7 Å². The van der Waals surface area contributed by atoms with Crippen molar-refractivity contribution in [3.8, 4) is 5.75 Å². The van der Waals surface area contributed by atoms with E-state index in [-0.39, 0.29) is 13.0 Å². The zero-order chi connectivity index (χ0) is 14.0. The van der Waals surface area contributed by atoms with Gasteiger partial charge in [0, 0.05) is 13.0 Å². The predicted molar refractivity (Wildman–Crippen MR) is 73.8 cm³/mol. The highest BCUT2D eigenvalue weighted by Crippen LogP contribution is 2.38. The molecule has 0 spiro atoms. The van der Waals surface area contributed by atoms with Gasteiger partial charge >= 0.3 is 0 Å². The molecule has 1 rings (SSSR count). The normalized spacial score (nSPS) is 15.3. The highest BCUT2D eigenvalue weighted by atomic mass is 19.1. The molecule has 0 saturated heterocycles. The van der Waals surface area contributed by atoms with E-state index in [9.17, 15) is 4.39 Å². The molecule has 2 nitrogen and oxygen atoms in total. The third-order valence-corrected chi connectivity index (χ3v) is 3.57. The number of hydrogen-bond donors (Lipinski definition) is 1. The Morgan fingerprint density at radius 2 is 1.89 bits per heavy atom. The van der Waals surface area contributed by atoms with Crippen LogP contribution in [0.1, 0.15) is 31.9 Å². The van der Waals surface area contributed by atoms with Crippen LogP contribution >= 0.6 is 0 Å². The molecule has 1 aromatic carbocycles. The number of benzene rings is 1. The van der Waals surface area contributed by atoms with E-state index < -0.39 is 11.1 Å². The lowest BCUT2D eigenvalue weighted by Crippen LogP contribution is -2.47. The first kappa shape index (κ1) is 15.0. The molecule has 1 atom stereocenters. The minimum atomic E-state index is -1.44. The Kier molecular flexibility index (Phi) is 4.38. The summed E-state index contributed by atoms with van der Waals surface area (Å²) in [6.07, 6.45) is 0.276. The average Bonchev–Trinajstić information content (AvgIpc) is 2.27. The summed E-state index contributed by atoms with van der Waals surface area (Å²) in [6, 6.07) is 5.81. The fraction of sp³-hybridized carbons (Fsp3) is 0.600. The van der Waals surface area contributed by atoms with Gasteiger partial charge in [-0.1, -0.05) is 38.5 Å². The van der Waals surface area contributed by atoms with E-state index in [0.717, 1.165) is 16.9 Å². The Bertz CT molecular complexity index is 411. The molecule has 0 aliphatic rings. The van der Waals surface area contributed by atoms with Gasteiger partial charge in [-0.3, -0.25) is 0 Å². The number of aryl methyl sites for hydroxylation is 1. The second-order valence-corrected chi connectivity index (χ2v) is 5.91. The average molecular weight is 253 g/mol. The van der Waals surface area contributed by atoms with Gasteiger partial charge in [0.2, 0.25) is 0 Å². The molecule has 0 heterocycles. The lowest BCUT2D eigenvalue weighted by Gasteiger charge is -2.37. The summed E-state index contributed by atoms with van der Waals surface area (Å²) >= 11 is 0. The summed E-state index contributed by atoms with van der Waals surface area (Å²) in [5.74, 6) is 0.723. The largest absolute Gasteiger partial charge is 0.496 e. The fourth-order valence-electron chi connectivity index (χ4n) is 1.99. The first-order valence-electron chi connectivity index (χ1n) is 6.26. The minimum absolute atomic E-state index is 0.00754. The van der Waals surface area contributed by atoms with Gasteiger partial charge in [0.15, 0.2) is 0 Å². The van der Waals surface area contributed by atoms with Crippen LogP contribution in [0.2, 0.25) is 0 Å². The Balaban J connectivity index is 3.12. The smallest absolute Gasteiger partial charge is 0.132 e. The molecule has 0 aliphatic carbocycles. The van der Waals surface area contributed by atoms with E-state index in [4.69, 9.17) is 10.5 Å². The van der Waals surface area contributed by atoms with Gasteiger partial charge in [0.05, 0.1) is 7.11 Å². The minimum Gasteiger partial charge on any atom is -0.496 e. The van der Waals surface area contributed by atoms with E-state index in [1.54, 1.807) is 7.11 Å². The van der Waals surface area contributed by atoms with Crippen molar-refractivity contribution in [2.24, 2.45) is 11.1 Å². The molecule has 102 valence electrons. The van der Waals surface area contributed by atoms with E-state index in [1.807, 2.05) is 45.9 Å². The quantitative estimate of drug-likeness (QED) is 0.894. The van der Waals surface area contributed by atoms with Gasteiger partial charge in [0.1, 0.15) is 11.4 Å². The molecule has 0 fully saturated rings. The van der Waals surface area contributed by atoms with Crippen LogP contribution in [0.25, 0.3) is 0 Å². The molecule has 18 heavy (non-hydrogen) atoms. The fourth-order valence-corrected chi connectivity index (χ4v) is 1.99. The van der Waals surface area contributed by atoms with Crippen molar-refractivity contribution in [1.29, 1.82) is 0 Å². The van der Waals surface area contributed by atoms with Crippen molar-refractivity contribution < 1.29 is 9.13 Å². The second kappa shape index (κ2) is 5.27. The van der Waals surface area contributed by atoms with Gasteiger partial charge in [0.25, 0.3) is 0 Å². The number of methoxy groups -OCH3 is 1. The molecule has 0 radical (unpaired) electrons. The van der Waals surface area contributed by atoms with Crippen LogP contribution < -0.4 is 10.5 Å². The summed E-state index contributed by atoms with van der Waals surface area (Å²) in [4.78, 5) is 0. The standard InChI is InChI=1S/C15H24FNO/c1-11-6-7-13(18-5)12(8-11)9-15(16,10-17)14(2,3)4/h6-8H,9-10,17H2,1-5H3. The summed E-state index contributed by atoms with van der Waals surface area (Å²) in [6.45, 7) is 7.63. The first-order chi connectivity index (χ1) is 8.23. The van der Waals surface area contributed by atoms with Crippen LogP contribution in [0.3, 0.4) is 0 Å². The SMILES string of the molecule is COc1ccc(C)cc1CC(F)(CN)C(C)(C)C. The zero-order valence-electron chi connectivity index (χ0n) is 12.0. The first-order valence-corrected chi connectivity index (χ1v) is 6.26. The van der Waals surface area contributed by atoms with Gasteiger partial charge in [-0.15, -0.1) is 0 Å². The van der Waals surface area contributed by atoms with Gasteiger partial charge in [-0.05, 0) is 24.0 Å². The number of rotatable bonds is 4. The monoisotopic (exact) mass is 253 g/mol.